The van der Waals surface area contributed by atoms with Gasteiger partial charge in [-0.2, -0.15) is 0 Å². The summed E-state index contributed by atoms with van der Waals surface area (Å²) in [5, 5.41) is 9.68. The molecule has 0 spiro atoms. The maximum Gasteiger partial charge on any atom is 0.136 e. The molecule has 0 fully saturated rings. The van der Waals surface area contributed by atoms with Crippen LogP contribution in [0.25, 0.3) is 70.8 Å². The van der Waals surface area contributed by atoms with Gasteiger partial charge in [-0.3, -0.25) is 0 Å². The van der Waals surface area contributed by atoms with Gasteiger partial charge in [-0.05, 0) is 88.8 Å². The van der Waals surface area contributed by atoms with Crippen molar-refractivity contribution < 1.29 is 9.15 Å². The fourth-order valence-electron chi connectivity index (χ4n) is 6.29. The standard InChI is InChI=1S/C34H27NO2/c1-18-6-8-22-25-14-19-15-28-24(13-20(19)16-31(25)37-30(22)12-18)23-9-11-29(36-5)32-26-17-21(34(2,3)4)7-10-27(26)35(28)33(23)32/h6-17H,1-5H3. The highest BCUT2D eigenvalue weighted by Gasteiger charge is 2.23. The van der Waals surface area contributed by atoms with Crippen molar-refractivity contribution in [3.63, 3.8) is 0 Å². The van der Waals surface area contributed by atoms with Gasteiger partial charge in [0.25, 0.3) is 0 Å². The highest BCUT2D eigenvalue weighted by Crippen LogP contribution is 2.45. The van der Waals surface area contributed by atoms with E-state index in [4.69, 9.17) is 9.15 Å². The van der Waals surface area contributed by atoms with E-state index in [0.29, 0.717) is 0 Å². The predicted octanol–water partition coefficient (Wildman–Crippen LogP) is 9.50. The first-order valence-corrected chi connectivity index (χ1v) is 12.9. The van der Waals surface area contributed by atoms with Crippen LogP contribution in [0.1, 0.15) is 31.9 Å². The molecule has 0 radical (unpaired) electrons. The maximum absolute atomic E-state index is 6.27. The molecule has 0 bridgehead atoms. The molecule has 0 unspecified atom stereocenters. The van der Waals surface area contributed by atoms with Gasteiger partial charge < -0.3 is 13.6 Å². The van der Waals surface area contributed by atoms with Gasteiger partial charge in [0.15, 0.2) is 0 Å². The molecular formula is C34H27NO2. The van der Waals surface area contributed by atoms with Gasteiger partial charge in [-0.15, -0.1) is 0 Å². The quantitative estimate of drug-likeness (QED) is 0.233. The fourth-order valence-corrected chi connectivity index (χ4v) is 6.29. The maximum atomic E-state index is 6.27. The Labute approximate surface area is 214 Å². The monoisotopic (exact) mass is 481 g/mol. The van der Waals surface area contributed by atoms with E-state index in [9.17, 15) is 0 Å². The van der Waals surface area contributed by atoms with Gasteiger partial charge in [0.2, 0.25) is 0 Å². The molecule has 0 aliphatic rings. The van der Waals surface area contributed by atoms with Crippen molar-refractivity contribution in [3.05, 3.63) is 83.9 Å². The van der Waals surface area contributed by atoms with Crippen molar-refractivity contribution in [2.45, 2.75) is 33.1 Å². The van der Waals surface area contributed by atoms with Gasteiger partial charge >= 0.3 is 0 Å². The summed E-state index contributed by atoms with van der Waals surface area (Å²) in [6, 6.07) is 26.9. The first kappa shape index (κ1) is 20.9. The Balaban J connectivity index is 1.54. The Morgan fingerprint density at radius 2 is 1.43 bits per heavy atom. The van der Waals surface area contributed by atoms with E-state index in [1.54, 1.807) is 7.11 Å². The smallest absolute Gasteiger partial charge is 0.136 e. The van der Waals surface area contributed by atoms with Crippen LogP contribution in [0.5, 0.6) is 5.75 Å². The lowest BCUT2D eigenvalue weighted by Gasteiger charge is -2.19. The second-order valence-electron chi connectivity index (χ2n) is 11.5. The van der Waals surface area contributed by atoms with Crippen molar-refractivity contribution >= 4 is 70.8 Å². The van der Waals surface area contributed by atoms with Crippen molar-refractivity contribution in [2.24, 2.45) is 0 Å². The summed E-state index contributed by atoms with van der Waals surface area (Å²) in [5.74, 6) is 0.921. The minimum Gasteiger partial charge on any atom is -0.496 e. The van der Waals surface area contributed by atoms with Crippen LogP contribution >= 0.6 is 0 Å². The van der Waals surface area contributed by atoms with Crippen LogP contribution in [0.4, 0.5) is 0 Å². The highest BCUT2D eigenvalue weighted by molar-refractivity contribution is 6.26. The van der Waals surface area contributed by atoms with Crippen LogP contribution in [0.2, 0.25) is 0 Å². The van der Waals surface area contributed by atoms with Gasteiger partial charge in [0, 0.05) is 26.9 Å². The molecule has 37 heavy (non-hydrogen) atoms. The normalized spacial score (nSPS) is 13.0. The minimum atomic E-state index is 0.0724. The second-order valence-corrected chi connectivity index (χ2v) is 11.5. The molecule has 8 rings (SSSR count). The summed E-state index contributed by atoms with van der Waals surface area (Å²) in [6.07, 6.45) is 0. The molecule has 180 valence electrons. The molecule has 0 atom stereocenters. The zero-order valence-corrected chi connectivity index (χ0v) is 21.7. The van der Waals surface area contributed by atoms with E-state index in [1.807, 2.05) is 0 Å². The summed E-state index contributed by atoms with van der Waals surface area (Å²) in [5.41, 5.74) is 8.17. The molecule has 3 aromatic heterocycles. The summed E-state index contributed by atoms with van der Waals surface area (Å²) in [7, 11) is 1.77. The van der Waals surface area contributed by atoms with Crippen LogP contribution < -0.4 is 4.74 Å². The van der Waals surface area contributed by atoms with Crippen molar-refractivity contribution in [1.29, 1.82) is 0 Å². The van der Waals surface area contributed by atoms with E-state index in [0.717, 1.165) is 22.3 Å². The van der Waals surface area contributed by atoms with Crippen LogP contribution in [-0.2, 0) is 5.41 Å². The Kier molecular flexibility index (Phi) is 3.81. The molecule has 8 aromatic rings. The summed E-state index contributed by atoms with van der Waals surface area (Å²) < 4.78 is 14.6. The average molecular weight is 482 g/mol. The number of fused-ring (bicyclic) bond motifs is 10. The Hall–Kier alpha value is -4.24. The van der Waals surface area contributed by atoms with Crippen molar-refractivity contribution in [1.82, 2.24) is 4.40 Å². The minimum absolute atomic E-state index is 0.0724. The number of nitrogens with zero attached hydrogens (tertiary/aromatic N) is 1. The largest absolute Gasteiger partial charge is 0.496 e. The number of ether oxygens (including phenoxy) is 1. The SMILES string of the molecule is COc1ccc2c3cc4cc5oc6cc(C)ccc6c5cc4cc3n3c4ccc(C(C)(C)C)cc4c1c23. The zero-order chi connectivity index (χ0) is 25.2. The number of aromatic nitrogens is 1. The molecular weight excluding hydrogens is 454 g/mol. The van der Waals surface area contributed by atoms with Gasteiger partial charge in [-0.25, -0.2) is 0 Å². The third-order valence-corrected chi connectivity index (χ3v) is 8.19. The molecule has 3 heteroatoms. The van der Waals surface area contributed by atoms with E-state index >= 15 is 0 Å². The van der Waals surface area contributed by atoms with E-state index in [1.165, 1.54) is 65.4 Å². The Morgan fingerprint density at radius 3 is 2.24 bits per heavy atom. The highest BCUT2D eigenvalue weighted by atomic mass is 16.5. The average Bonchev–Trinajstić information content (AvgIpc) is 3.50. The first-order chi connectivity index (χ1) is 17.8. The number of rotatable bonds is 1. The molecule has 0 aliphatic heterocycles. The predicted molar refractivity (Wildman–Crippen MR) is 156 cm³/mol. The lowest BCUT2D eigenvalue weighted by atomic mass is 9.86. The first-order valence-electron chi connectivity index (χ1n) is 12.9. The third-order valence-electron chi connectivity index (χ3n) is 8.19. The molecule has 3 heterocycles. The van der Waals surface area contributed by atoms with E-state index in [-0.39, 0.29) is 5.41 Å². The lowest BCUT2D eigenvalue weighted by molar-refractivity contribution is 0.420. The topological polar surface area (TPSA) is 26.8 Å². The van der Waals surface area contributed by atoms with Crippen LogP contribution in [-0.4, -0.2) is 11.5 Å². The second kappa shape index (κ2) is 6.74. The molecule has 0 saturated heterocycles. The fraction of sp³-hybridized carbons (Fsp3) is 0.176. The Bertz CT molecular complexity index is 2220. The molecule has 0 saturated carbocycles. The molecule has 0 N–H and O–H groups in total. The number of hydrogen-bond acceptors (Lipinski definition) is 2. The number of methoxy groups -OCH3 is 1. The summed E-state index contributed by atoms with van der Waals surface area (Å²) >= 11 is 0. The van der Waals surface area contributed by atoms with Gasteiger partial charge in [-0.1, -0.05) is 39.0 Å². The molecule has 5 aromatic carbocycles. The lowest BCUT2D eigenvalue weighted by Crippen LogP contribution is -2.10. The number of benzene rings is 5. The zero-order valence-electron chi connectivity index (χ0n) is 21.7. The van der Waals surface area contributed by atoms with Crippen LogP contribution in [0.3, 0.4) is 0 Å². The number of furan rings is 1. The number of aryl methyl sites for hydroxylation is 1. The molecule has 0 amide bonds. The van der Waals surface area contributed by atoms with E-state index in [2.05, 4.69) is 105 Å². The van der Waals surface area contributed by atoms with Crippen molar-refractivity contribution in [2.75, 3.05) is 7.11 Å². The van der Waals surface area contributed by atoms with E-state index < -0.39 is 0 Å². The molecule has 0 aliphatic carbocycles. The summed E-state index contributed by atoms with van der Waals surface area (Å²) in [4.78, 5) is 0. The van der Waals surface area contributed by atoms with Gasteiger partial charge in [0.05, 0.1) is 29.0 Å². The Morgan fingerprint density at radius 1 is 0.676 bits per heavy atom. The van der Waals surface area contributed by atoms with Crippen LogP contribution in [0.15, 0.2) is 77.2 Å². The van der Waals surface area contributed by atoms with Crippen LogP contribution in [0, 0.1) is 6.92 Å². The third kappa shape index (κ3) is 2.66. The molecule has 3 nitrogen and oxygen atoms in total. The van der Waals surface area contributed by atoms with Gasteiger partial charge in [0.1, 0.15) is 16.9 Å². The van der Waals surface area contributed by atoms with Crippen molar-refractivity contribution in [3.8, 4) is 5.75 Å². The summed E-state index contributed by atoms with van der Waals surface area (Å²) in [6.45, 7) is 8.91. The number of hydrogen-bond donors (Lipinski definition) is 0.